The second-order valence-electron chi connectivity index (χ2n) is 10.7. The molecule has 4 unspecified atom stereocenters. The van der Waals surface area contributed by atoms with Crippen LogP contribution in [-0.2, 0) is 24.5 Å². The zero-order valence-corrected chi connectivity index (χ0v) is 26.8. The van der Waals surface area contributed by atoms with E-state index in [0.717, 1.165) is 16.7 Å². The quantitative estimate of drug-likeness (QED) is 0.189. The number of rotatable bonds is 15. The van der Waals surface area contributed by atoms with E-state index < -0.39 is 41.4 Å². The van der Waals surface area contributed by atoms with Crippen molar-refractivity contribution in [3.63, 3.8) is 0 Å². The molecular weight excluding hydrogens is 592 g/mol. The fraction of sp³-hybridized carbons (Fsp3) is 0.371. The summed E-state index contributed by atoms with van der Waals surface area (Å²) in [6, 6.07) is 15.0. The highest BCUT2D eigenvalue weighted by Gasteiger charge is 2.48. The van der Waals surface area contributed by atoms with Gasteiger partial charge in [0, 0.05) is 18.9 Å². The number of hydrogen-bond acceptors (Lipinski definition) is 9. The molecule has 2 heterocycles. The number of nitrogens with zero attached hydrogens (tertiary/aromatic N) is 1. The van der Waals surface area contributed by atoms with Gasteiger partial charge in [-0.2, -0.15) is 0 Å². The van der Waals surface area contributed by atoms with E-state index in [1.54, 1.807) is 27.2 Å². The molecule has 0 aliphatic carbocycles. The van der Waals surface area contributed by atoms with E-state index in [4.69, 9.17) is 28.4 Å². The second-order valence-corrected chi connectivity index (χ2v) is 10.7. The largest absolute Gasteiger partial charge is 0.497 e. The molecule has 1 aliphatic rings. The highest BCUT2D eigenvalue weighted by molar-refractivity contribution is 5.52. The smallest absolute Gasteiger partial charge is 0.330 e. The molecule has 4 rings (SSSR count). The molecule has 0 spiro atoms. The molecule has 0 amide bonds. The van der Waals surface area contributed by atoms with E-state index in [-0.39, 0.29) is 19.8 Å². The van der Waals surface area contributed by atoms with Crippen LogP contribution in [0.25, 0.3) is 0 Å². The van der Waals surface area contributed by atoms with Gasteiger partial charge in [0.1, 0.15) is 35.4 Å². The van der Waals surface area contributed by atoms with Crippen LogP contribution >= 0.6 is 0 Å². The predicted molar refractivity (Wildman–Crippen MR) is 173 cm³/mol. The molecule has 2 aromatic carbocycles. The first-order valence-corrected chi connectivity index (χ1v) is 14.9. The molecule has 11 heteroatoms. The van der Waals surface area contributed by atoms with Gasteiger partial charge in [-0.25, -0.2) is 4.79 Å². The lowest BCUT2D eigenvalue weighted by Crippen LogP contribution is -2.41. The first-order valence-electron chi connectivity index (χ1n) is 14.9. The Kier molecular flexibility index (Phi) is 11.9. The number of aromatic amines is 1. The summed E-state index contributed by atoms with van der Waals surface area (Å²) in [5.74, 6) is 1.34. The van der Waals surface area contributed by atoms with Gasteiger partial charge in [-0.05, 0) is 54.8 Å². The summed E-state index contributed by atoms with van der Waals surface area (Å²) in [6.07, 6.45) is 4.60. The Bertz CT molecular complexity index is 1580. The number of aryl methyl sites for hydroxylation is 1. The molecule has 1 saturated heterocycles. The Morgan fingerprint density at radius 1 is 1.02 bits per heavy atom. The van der Waals surface area contributed by atoms with E-state index >= 15 is 0 Å². The van der Waals surface area contributed by atoms with E-state index in [1.165, 1.54) is 17.9 Å². The molecule has 0 saturated carbocycles. The van der Waals surface area contributed by atoms with Crippen LogP contribution in [0, 0.1) is 6.92 Å². The Morgan fingerprint density at radius 3 is 2.15 bits per heavy atom. The van der Waals surface area contributed by atoms with Crippen LogP contribution in [0.5, 0.6) is 11.5 Å². The van der Waals surface area contributed by atoms with Crippen LogP contribution in [0.1, 0.15) is 29.8 Å². The van der Waals surface area contributed by atoms with Crippen molar-refractivity contribution in [3.05, 3.63) is 129 Å². The molecular formula is C35H42N2O9. The number of benzene rings is 2. The van der Waals surface area contributed by atoms with Gasteiger partial charge >= 0.3 is 5.69 Å². The van der Waals surface area contributed by atoms with E-state index in [1.807, 2.05) is 73.7 Å². The number of allylic oxidation sites excluding steroid dienone is 3. The summed E-state index contributed by atoms with van der Waals surface area (Å²) in [7, 11) is 4.73. The lowest BCUT2D eigenvalue weighted by Gasteiger charge is -2.38. The SMILES string of the molecule is C=C/C=C(\C=C/C)C(OCC1OC(n2cc(C)c(=O)[nH]c2=O)C(OCCOC)C1O)(c1ccc(OC)cc1)c1ccc(OC)cc1. The van der Waals surface area contributed by atoms with Crippen molar-refractivity contribution < 1.29 is 33.5 Å². The summed E-state index contributed by atoms with van der Waals surface area (Å²) < 4.78 is 36.5. The van der Waals surface area contributed by atoms with Gasteiger partial charge in [-0.15, -0.1) is 0 Å². The van der Waals surface area contributed by atoms with Gasteiger partial charge in [0.05, 0.1) is 34.0 Å². The third-order valence-electron chi connectivity index (χ3n) is 7.84. The Balaban J connectivity index is 1.82. The molecule has 2 N–H and O–H groups in total. The Hall–Kier alpha value is -4.26. The molecule has 3 aromatic rings. The summed E-state index contributed by atoms with van der Waals surface area (Å²) in [5.41, 5.74) is 0.179. The third-order valence-corrected chi connectivity index (χ3v) is 7.84. The normalized spacial score (nSPS) is 20.3. The summed E-state index contributed by atoms with van der Waals surface area (Å²) in [4.78, 5) is 27.3. The first kappa shape index (κ1) is 34.6. The van der Waals surface area contributed by atoms with E-state index in [0.29, 0.717) is 17.1 Å². The molecule has 11 nitrogen and oxygen atoms in total. The van der Waals surface area contributed by atoms with E-state index in [9.17, 15) is 14.7 Å². The lowest BCUT2D eigenvalue weighted by atomic mass is 9.79. The minimum atomic E-state index is -1.22. The van der Waals surface area contributed by atoms with Gasteiger partial charge in [0.25, 0.3) is 5.56 Å². The molecule has 1 aromatic heterocycles. The third kappa shape index (κ3) is 7.24. The van der Waals surface area contributed by atoms with Gasteiger partial charge in [-0.1, -0.05) is 55.1 Å². The van der Waals surface area contributed by atoms with Crippen LogP contribution in [0.4, 0.5) is 0 Å². The molecule has 1 fully saturated rings. The van der Waals surface area contributed by atoms with Crippen molar-refractivity contribution in [2.24, 2.45) is 0 Å². The maximum atomic E-state index is 12.9. The Labute approximate surface area is 268 Å². The zero-order chi connectivity index (χ0) is 33.3. The second kappa shape index (κ2) is 15.8. The van der Waals surface area contributed by atoms with Gasteiger partial charge in [-0.3, -0.25) is 14.3 Å². The van der Waals surface area contributed by atoms with Gasteiger partial charge in [0.2, 0.25) is 0 Å². The highest BCUT2D eigenvalue weighted by Crippen LogP contribution is 2.44. The standard InChI is InChI=1S/C35H42N2O9/c1-7-9-24(10-8-2)35(25-11-15-27(42-5)16-12-25,26-13-17-28(43-6)18-14-26)45-22-29-30(38)31(44-20-19-41-4)33(46-29)37-21-23(3)32(39)36-34(37)40/h7-18,21,29-31,33,38H,1,19-20,22H2,2-6H3,(H,36,39,40)/b10-8-,24-9+. The topological polar surface area (TPSA) is 130 Å². The van der Waals surface area contributed by atoms with Crippen LogP contribution < -0.4 is 20.7 Å². The van der Waals surface area contributed by atoms with Crippen molar-refractivity contribution in [3.8, 4) is 11.5 Å². The number of hydrogen-bond donors (Lipinski definition) is 2. The average Bonchev–Trinajstić information content (AvgIpc) is 3.38. The summed E-state index contributed by atoms with van der Waals surface area (Å²) >= 11 is 0. The zero-order valence-electron chi connectivity index (χ0n) is 26.8. The highest BCUT2D eigenvalue weighted by atomic mass is 16.6. The molecule has 0 radical (unpaired) electrons. The van der Waals surface area contributed by atoms with Crippen LogP contribution in [0.3, 0.4) is 0 Å². The monoisotopic (exact) mass is 634 g/mol. The Morgan fingerprint density at radius 2 is 1.63 bits per heavy atom. The number of nitrogens with one attached hydrogen (secondary N) is 1. The van der Waals surface area contributed by atoms with Gasteiger partial charge in [0.15, 0.2) is 6.23 Å². The number of H-pyrrole nitrogens is 1. The predicted octanol–water partition coefficient (Wildman–Crippen LogP) is 3.80. The summed E-state index contributed by atoms with van der Waals surface area (Å²) in [5, 5.41) is 11.6. The number of methoxy groups -OCH3 is 3. The van der Waals surface area contributed by atoms with Crippen molar-refractivity contribution >= 4 is 0 Å². The number of ether oxygens (including phenoxy) is 6. The summed E-state index contributed by atoms with van der Waals surface area (Å²) in [6.45, 7) is 7.70. The average molecular weight is 635 g/mol. The first-order chi connectivity index (χ1) is 22.2. The fourth-order valence-corrected chi connectivity index (χ4v) is 5.51. The minimum absolute atomic E-state index is 0.122. The van der Waals surface area contributed by atoms with Crippen molar-refractivity contribution in [2.45, 2.75) is 44.0 Å². The van der Waals surface area contributed by atoms with Crippen molar-refractivity contribution in [2.75, 3.05) is 41.2 Å². The van der Waals surface area contributed by atoms with E-state index in [2.05, 4.69) is 11.6 Å². The molecule has 246 valence electrons. The van der Waals surface area contributed by atoms with Crippen molar-refractivity contribution in [1.82, 2.24) is 9.55 Å². The van der Waals surface area contributed by atoms with Crippen LogP contribution in [0.15, 0.2) is 101 Å². The van der Waals surface area contributed by atoms with Crippen molar-refractivity contribution in [1.29, 1.82) is 0 Å². The number of aliphatic hydroxyl groups is 1. The maximum Gasteiger partial charge on any atom is 0.330 e. The minimum Gasteiger partial charge on any atom is -0.497 e. The number of aliphatic hydroxyl groups excluding tert-OH is 1. The van der Waals surface area contributed by atoms with Crippen LogP contribution in [0.2, 0.25) is 0 Å². The molecule has 1 aliphatic heterocycles. The molecule has 46 heavy (non-hydrogen) atoms. The number of aromatic nitrogens is 2. The molecule has 4 atom stereocenters. The van der Waals surface area contributed by atoms with Gasteiger partial charge < -0.3 is 33.5 Å². The van der Waals surface area contributed by atoms with Crippen LogP contribution in [-0.4, -0.2) is 74.1 Å². The fourth-order valence-electron chi connectivity index (χ4n) is 5.51. The maximum absolute atomic E-state index is 12.9. The lowest BCUT2D eigenvalue weighted by molar-refractivity contribution is -0.0995. The molecule has 0 bridgehead atoms.